The van der Waals surface area contributed by atoms with Crippen LogP contribution in [0.4, 0.5) is 20.3 Å². The Morgan fingerprint density at radius 2 is 1.94 bits per heavy atom. The Morgan fingerprint density at radius 3 is 2.64 bits per heavy atom. The van der Waals surface area contributed by atoms with E-state index in [-0.39, 0.29) is 18.8 Å². The lowest BCUT2D eigenvalue weighted by Crippen LogP contribution is -2.33. The molecule has 2 aromatic heterocycles. The zero-order valence-electron chi connectivity index (χ0n) is 20.4. The van der Waals surface area contributed by atoms with Crippen molar-refractivity contribution in [2.24, 2.45) is 0 Å². The molecule has 0 saturated heterocycles. The molecule has 0 saturated carbocycles. The molecule has 10 heteroatoms. The van der Waals surface area contributed by atoms with Gasteiger partial charge >= 0.3 is 0 Å². The van der Waals surface area contributed by atoms with Crippen LogP contribution in [-0.4, -0.2) is 40.9 Å². The molecule has 2 aliphatic heterocycles. The lowest BCUT2D eigenvalue weighted by molar-refractivity contribution is 0.118. The molecular weight excluding hydrogens is 490 g/mol. The number of anilines is 2. The Morgan fingerprint density at radius 1 is 1.17 bits per heavy atom. The van der Waals surface area contributed by atoms with Crippen LogP contribution < -0.4 is 14.5 Å². The first-order valence-corrected chi connectivity index (χ1v) is 11.6. The third kappa shape index (κ3) is 5.52. The molecule has 2 aliphatic rings. The summed E-state index contributed by atoms with van der Waals surface area (Å²) in [4.78, 5) is 12.2. The first-order chi connectivity index (χ1) is 17.1. The highest BCUT2D eigenvalue weighted by molar-refractivity contribution is 6.30. The fourth-order valence-electron chi connectivity index (χ4n) is 3.83. The maximum absolute atomic E-state index is 13.9. The van der Waals surface area contributed by atoms with Gasteiger partial charge in [-0.3, -0.25) is 4.98 Å². The van der Waals surface area contributed by atoms with E-state index in [0.717, 1.165) is 29.2 Å². The van der Waals surface area contributed by atoms with E-state index < -0.39 is 17.2 Å². The molecule has 0 spiro atoms. The highest BCUT2D eigenvalue weighted by atomic mass is 35.5. The number of halogens is 3. The third-order valence-corrected chi connectivity index (χ3v) is 6.21. The Bertz CT molecular complexity index is 1280. The van der Waals surface area contributed by atoms with Crippen LogP contribution in [0.25, 0.3) is 0 Å². The first kappa shape index (κ1) is 25.7. The van der Waals surface area contributed by atoms with Crippen molar-refractivity contribution in [3.05, 3.63) is 88.3 Å². The van der Waals surface area contributed by atoms with Crippen LogP contribution in [0.2, 0.25) is 0 Å². The molecule has 0 unspecified atom stereocenters. The number of aromatic nitrogens is 2. The molecule has 4 rings (SSSR count). The second-order valence-electron chi connectivity index (χ2n) is 8.95. The molecule has 7 nitrogen and oxygen atoms in total. The summed E-state index contributed by atoms with van der Waals surface area (Å²) < 4.78 is 38.3. The van der Waals surface area contributed by atoms with Crippen molar-refractivity contribution in [2.75, 3.05) is 30.0 Å². The van der Waals surface area contributed by atoms with Crippen LogP contribution in [0.5, 0.6) is 5.75 Å². The van der Waals surface area contributed by atoms with Crippen LogP contribution in [-0.2, 0) is 11.3 Å². The lowest BCUT2D eigenvalue weighted by Gasteiger charge is -2.33. The zero-order valence-corrected chi connectivity index (χ0v) is 21.2. The second-order valence-corrected chi connectivity index (χ2v) is 9.40. The van der Waals surface area contributed by atoms with Crippen LogP contribution in [0.15, 0.2) is 71.0 Å². The number of allylic oxidation sites excluding steroid dienone is 4. The van der Waals surface area contributed by atoms with Crippen LogP contribution in [0, 0.1) is 11.6 Å². The number of ether oxygens (including phenoxy) is 2. The smallest absolute Gasteiger partial charge is 0.160 e. The van der Waals surface area contributed by atoms with Gasteiger partial charge in [-0.15, -0.1) is 0 Å². The molecule has 0 fully saturated rings. The summed E-state index contributed by atoms with van der Waals surface area (Å²) >= 11 is 6.56. The molecule has 0 amide bonds. The summed E-state index contributed by atoms with van der Waals surface area (Å²) in [5, 5.41) is 10.8. The summed E-state index contributed by atoms with van der Waals surface area (Å²) in [5.74, 6) is 0.0637. The van der Waals surface area contributed by atoms with Crippen molar-refractivity contribution >= 4 is 23.1 Å². The first-order valence-electron chi connectivity index (χ1n) is 11.2. The maximum atomic E-state index is 13.9. The molecule has 2 aromatic rings. The number of hydrogen-bond donors (Lipinski definition) is 1. The molecular formula is C26H27ClF2N4O3. The average Bonchev–Trinajstić information content (AvgIpc) is 2.84. The van der Waals surface area contributed by atoms with E-state index in [1.807, 2.05) is 41.1 Å². The Kier molecular flexibility index (Phi) is 7.33. The van der Waals surface area contributed by atoms with Gasteiger partial charge in [-0.2, -0.15) is 0 Å². The van der Waals surface area contributed by atoms with E-state index in [2.05, 4.69) is 9.97 Å². The lowest BCUT2D eigenvalue weighted by atomic mass is 9.96. The minimum Gasteiger partial charge on any atom is -0.493 e. The number of pyridine rings is 2. The Balaban J connectivity index is 1.55. The van der Waals surface area contributed by atoms with E-state index in [9.17, 15) is 13.9 Å². The molecule has 0 radical (unpaired) electrons. The topological polar surface area (TPSA) is 71.0 Å². The number of methoxy groups -OCH3 is 1. The zero-order chi connectivity index (χ0) is 26.0. The van der Waals surface area contributed by atoms with Crippen molar-refractivity contribution in [2.45, 2.75) is 33.0 Å². The van der Waals surface area contributed by atoms with E-state index in [0.29, 0.717) is 28.9 Å². The SMILES string of the molecule is COc1cnc(N2C=CC=C(C(C)(C)O)C2)cc1N1CC(Cl)=C(OCc2ncc(F)cc2F)C=C1C. The van der Waals surface area contributed by atoms with Crippen molar-refractivity contribution < 1.29 is 23.4 Å². The number of hydrogen-bond acceptors (Lipinski definition) is 7. The molecule has 0 aromatic carbocycles. The minimum atomic E-state index is -0.953. The standard InChI is InChI=1S/C26H27ClF2N4O3/c1-16-8-23(36-15-21-20(29)9-18(28)11-30-21)19(27)14-33(16)22-10-25(31-12-24(22)35-4)32-7-5-6-17(13-32)26(2,3)34/h5-12,34H,13-15H2,1-4H3. The molecule has 4 heterocycles. The van der Waals surface area contributed by atoms with Gasteiger partial charge in [-0.05, 0) is 32.4 Å². The fourth-order valence-corrected chi connectivity index (χ4v) is 4.06. The summed E-state index contributed by atoms with van der Waals surface area (Å²) in [6, 6.07) is 2.65. The second kappa shape index (κ2) is 10.3. The predicted molar refractivity (Wildman–Crippen MR) is 135 cm³/mol. The molecule has 0 bridgehead atoms. The van der Waals surface area contributed by atoms with Gasteiger partial charge in [0.15, 0.2) is 11.6 Å². The average molecular weight is 517 g/mol. The van der Waals surface area contributed by atoms with E-state index in [1.54, 1.807) is 33.2 Å². The molecule has 36 heavy (non-hydrogen) atoms. The maximum Gasteiger partial charge on any atom is 0.160 e. The van der Waals surface area contributed by atoms with E-state index in [1.165, 1.54) is 0 Å². The quantitative estimate of drug-likeness (QED) is 0.543. The van der Waals surface area contributed by atoms with Gasteiger partial charge < -0.3 is 24.4 Å². The number of nitrogens with zero attached hydrogens (tertiary/aromatic N) is 4. The Hall–Kier alpha value is -3.43. The van der Waals surface area contributed by atoms with E-state index in [4.69, 9.17) is 21.1 Å². The predicted octanol–water partition coefficient (Wildman–Crippen LogP) is 5.19. The molecule has 190 valence electrons. The normalized spacial score (nSPS) is 16.2. The number of rotatable bonds is 7. The summed E-state index contributed by atoms with van der Waals surface area (Å²) in [6.07, 6.45) is 9.98. The highest BCUT2D eigenvalue weighted by Gasteiger charge is 2.26. The van der Waals surface area contributed by atoms with Crippen molar-refractivity contribution in [3.63, 3.8) is 0 Å². The van der Waals surface area contributed by atoms with Gasteiger partial charge in [0, 0.05) is 36.7 Å². The van der Waals surface area contributed by atoms with Crippen LogP contribution >= 0.6 is 11.6 Å². The van der Waals surface area contributed by atoms with Crippen LogP contribution in [0.1, 0.15) is 26.5 Å². The molecule has 0 atom stereocenters. The van der Waals surface area contributed by atoms with Crippen molar-refractivity contribution in [1.29, 1.82) is 0 Å². The van der Waals surface area contributed by atoms with Crippen molar-refractivity contribution in [1.82, 2.24) is 9.97 Å². The Labute approximate surface area is 213 Å². The van der Waals surface area contributed by atoms with E-state index >= 15 is 0 Å². The summed E-state index contributed by atoms with van der Waals surface area (Å²) in [7, 11) is 1.56. The third-order valence-electron chi connectivity index (χ3n) is 5.91. The van der Waals surface area contributed by atoms with Gasteiger partial charge in [-0.25, -0.2) is 13.8 Å². The monoisotopic (exact) mass is 516 g/mol. The van der Waals surface area contributed by atoms with Gasteiger partial charge in [0.2, 0.25) is 0 Å². The van der Waals surface area contributed by atoms with Gasteiger partial charge in [0.05, 0.1) is 42.4 Å². The van der Waals surface area contributed by atoms with Gasteiger partial charge in [0.1, 0.15) is 29.7 Å². The fraction of sp³-hybridized carbons (Fsp3) is 0.308. The van der Waals surface area contributed by atoms with Gasteiger partial charge in [-0.1, -0.05) is 17.7 Å². The highest BCUT2D eigenvalue weighted by Crippen LogP contribution is 2.37. The summed E-state index contributed by atoms with van der Waals surface area (Å²) in [6.45, 7) is 5.96. The van der Waals surface area contributed by atoms with Crippen molar-refractivity contribution in [3.8, 4) is 5.75 Å². The largest absolute Gasteiger partial charge is 0.493 e. The molecule has 0 aliphatic carbocycles. The summed E-state index contributed by atoms with van der Waals surface area (Å²) in [5.41, 5.74) is 1.44. The number of aliphatic hydroxyl groups is 1. The van der Waals surface area contributed by atoms with Gasteiger partial charge in [0.25, 0.3) is 0 Å². The van der Waals surface area contributed by atoms with Crippen LogP contribution in [0.3, 0.4) is 0 Å². The minimum absolute atomic E-state index is 0.0173. The molecule has 1 N–H and O–H groups in total.